The molecule has 1 aliphatic carbocycles. The Morgan fingerprint density at radius 3 is 2.69 bits per heavy atom. The average Bonchev–Trinajstić information content (AvgIpc) is 2.59. The number of rotatable bonds is 5. The first-order chi connectivity index (χ1) is 12.4. The molecule has 1 heterocycles. The van der Waals surface area contributed by atoms with Gasteiger partial charge in [-0.15, -0.1) is 0 Å². The first kappa shape index (κ1) is 19.2. The van der Waals surface area contributed by atoms with Gasteiger partial charge in [0.25, 0.3) is 0 Å². The summed E-state index contributed by atoms with van der Waals surface area (Å²) in [5.41, 5.74) is 0.452. The molecule has 1 aromatic heterocycles. The molecule has 26 heavy (non-hydrogen) atoms. The van der Waals surface area contributed by atoms with Crippen LogP contribution in [-0.2, 0) is 10.9 Å². The Labute approximate surface area is 152 Å². The van der Waals surface area contributed by atoms with Crippen molar-refractivity contribution in [3.05, 3.63) is 41.6 Å². The van der Waals surface area contributed by atoms with Gasteiger partial charge in [0.05, 0.1) is 11.1 Å². The first-order valence-corrected chi connectivity index (χ1v) is 9.34. The van der Waals surface area contributed by atoms with Crippen molar-refractivity contribution in [2.45, 2.75) is 51.1 Å². The molecule has 1 fully saturated rings. The molecule has 3 rings (SSSR count). The van der Waals surface area contributed by atoms with Crippen molar-refractivity contribution in [1.82, 2.24) is 4.98 Å². The third-order valence-corrected chi connectivity index (χ3v) is 5.55. The Hall–Kier alpha value is -1.62. The third-order valence-electron chi connectivity index (χ3n) is 5.55. The number of alkyl halides is 3. The highest BCUT2D eigenvalue weighted by Gasteiger charge is 2.35. The van der Waals surface area contributed by atoms with Crippen LogP contribution in [0.3, 0.4) is 0 Å². The standard InChI is InChI=1S/C21H26F3NO/c1-14-11-15(5-4-10-26-2)13-16(12-14)17-7-8-19(21(22,23)24)20-18(17)6-3-9-25-20/h3,6-9,14-16H,4-5,10-13H2,1-2H3/t14-,15+,16-/m1/s1. The minimum absolute atomic E-state index is 0.0756. The molecule has 1 aliphatic rings. The summed E-state index contributed by atoms with van der Waals surface area (Å²) in [6, 6.07) is 6.41. The Morgan fingerprint density at radius 1 is 1.15 bits per heavy atom. The van der Waals surface area contributed by atoms with Crippen LogP contribution in [-0.4, -0.2) is 18.7 Å². The van der Waals surface area contributed by atoms with E-state index in [1.165, 1.54) is 18.7 Å². The smallest absolute Gasteiger partial charge is 0.385 e. The summed E-state index contributed by atoms with van der Waals surface area (Å²) >= 11 is 0. The van der Waals surface area contributed by atoms with Gasteiger partial charge < -0.3 is 4.74 Å². The lowest BCUT2D eigenvalue weighted by molar-refractivity contribution is -0.136. The molecule has 0 aliphatic heterocycles. The molecular weight excluding hydrogens is 339 g/mol. The van der Waals surface area contributed by atoms with Crippen molar-refractivity contribution >= 4 is 10.9 Å². The molecule has 0 bridgehead atoms. The zero-order valence-corrected chi connectivity index (χ0v) is 15.4. The molecule has 5 heteroatoms. The van der Waals surface area contributed by atoms with Crippen molar-refractivity contribution in [3.8, 4) is 0 Å². The number of aromatic nitrogens is 1. The van der Waals surface area contributed by atoms with E-state index >= 15 is 0 Å². The molecule has 2 aromatic rings. The van der Waals surface area contributed by atoms with Crippen molar-refractivity contribution < 1.29 is 17.9 Å². The summed E-state index contributed by atoms with van der Waals surface area (Å²) in [5, 5.41) is 0.650. The van der Waals surface area contributed by atoms with Gasteiger partial charge >= 0.3 is 6.18 Å². The Kier molecular flexibility index (Phi) is 5.86. The molecule has 0 spiro atoms. The lowest BCUT2D eigenvalue weighted by Crippen LogP contribution is -2.21. The fraction of sp³-hybridized carbons (Fsp3) is 0.571. The number of methoxy groups -OCH3 is 1. The van der Waals surface area contributed by atoms with Gasteiger partial charge in [-0.2, -0.15) is 13.2 Å². The molecule has 0 saturated heterocycles. The van der Waals surface area contributed by atoms with Gasteiger partial charge in [-0.25, -0.2) is 0 Å². The minimum Gasteiger partial charge on any atom is -0.385 e. The van der Waals surface area contributed by atoms with Gasteiger partial charge in [0, 0.05) is 25.3 Å². The molecule has 2 nitrogen and oxygen atoms in total. The number of nitrogens with zero attached hydrogens (tertiary/aromatic N) is 1. The summed E-state index contributed by atoms with van der Waals surface area (Å²) in [6.07, 6.45) is 2.46. The zero-order chi connectivity index (χ0) is 18.7. The van der Waals surface area contributed by atoms with Gasteiger partial charge in [-0.3, -0.25) is 4.98 Å². The summed E-state index contributed by atoms with van der Waals surface area (Å²) in [6.45, 7) is 3.02. The Bertz CT molecular complexity index is 744. The third kappa shape index (κ3) is 4.20. The second kappa shape index (κ2) is 7.95. The monoisotopic (exact) mass is 365 g/mol. The normalized spacial score (nSPS) is 24.1. The summed E-state index contributed by atoms with van der Waals surface area (Å²) < 4.78 is 45.2. The fourth-order valence-electron chi connectivity index (χ4n) is 4.53. The van der Waals surface area contributed by atoms with Gasteiger partial charge in [0.1, 0.15) is 0 Å². The maximum atomic E-state index is 13.3. The van der Waals surface area contributed by atoms with Gasteiger partial charge in [-0.05, 0) is 67.6 Å². The number of fused-ring (bicyclic) bond motifs is 1. The van der Waals surface area contributed by atoms with Crippen LogP contribution in [0.1, 0.15) is 56.1 Å². The number of halogens is 3. The lowest BCUT2D eigenvalue weighted by atomic mass is 9.71. The predicted molar refractivity (Wildman–Crippen MR) is 97.1 cm³/mol. The number of pyridine rings is 1. The number of hydrogen-bond donors (Lipinski definition) is 0. The van der Waals surface area contributed by atoms with Crippen LogP contribution in [0.5, 0.6) is 0 Å². The van der Waals surface area contributed by atoms with E-state index in [-0.39, 0.29) is 5.52 Å². The molecular formula is C21H26F3NO. The predicted octanol–water partition coefficient (Wildman–Crippen LogP) is 6.20. The van der Waals surface area contributed by atoms with Crippen LogP contribution < -0.4 is 0 Å². The van der Waals surface area contributed by atoms with E-state index in [1.807, 2.05) is 0 Å². The second-order valence-corrected chi connectivity index (χ2v) is 7.61. The molecule has 0 unspecified atom stereocenters. The van der Waals surface area contributed by atoms with Crippen molar-refractivity contribution in [2.75, 3.05) is 13.7 Å². The van der Waals surface area contributed by atoms with Gasteiger partial charge in [0.15, 0.2) is 0 Å². The van der Waals surface area contributed by atoms with Crippen molar-refractivity contribution in [1.29, 1.82) is 0 Å². The van der Waals surface area contributed by atoms with E-state index in [0.717, 1.165) is 37.9 Å². The quantitative estimate of drug-likeness (QED) is 0.589. The number of benzene rings is 1. The molecule has 142 valence electrons. The van der Waals surface area contributed by atoms with E-state index < -0.39 is 11.7 Å². The molecule has 0 radical (unpaired) electrons. The van der Waals surface area contributed by atoms with Crippen LogP contribution in [0.2, 0.25) is 0 Å². The first-order valence-electron chi connectivity index (χ1n) is 9.34. The molecule has 0 amide bonds. The summed E-state index contributed by atoms with van der Waals surface area (Å²) in [5.74, 6) is 1.48. The Morgan fingerprint density at radius 2 is 1.96 bits per heavy atom. The maximum absolute atomic E-state index is 13.3. The highest BCUT2D eigenvalue weighted by molar-refractivity contribution is 5.86. The van der Waals surface area contributed by atoms with E-state index in [1.54, 1.807) is 25.3 Å². The topological polar surface area (TPSA) is 22.1 Å². The van der Waals surface area contributed by atoms with Crippen molar-refractivity contribution in [3.63, 3.8) is 0 Å². The highest BCUT2D eigenvalue weighted by Crippen LogP contribution is 2.44. The van der Waals surface area contributed by atoms with Gasteiger partial charge in [0.2, 0.25) is 0 Å². The maximum Gasteiger partial charge on any atom is 0.418 e. The van der Waals surface area contributed by atoms with Crippen LogP contribution >= 0.6 is 0 Å². The second-order valence-electron chi connectivity index (χ2n) is 7.61. The number of ether oxygens (including phenoxy) is 1. The summed E-state index contributed by atoms with van der Waals surface area (Å²) in [4.78, 5) is 4.07. The van der Waals surface area contributed by atoms with Crippen LogP contribution in [0.15, 0.2) is 30.5 Å². The largest absolute Gasteiger partial charge is 0.418 e. The average molecular weight is 365 g/mol. The van der Waals surface area contributed by atoms with E-state index in [4.69, 9.17) is 4.74 Å². The Balaban J connectivity index is 1.92. The number of hydrogen-bond acceptors (Lipinski definition) is 2. The lowest BCUT2D eigenvalue weighted by Gasteiger charge is -2.34. The van der Waals surface area contributed by atoms with Gasteiger partial charge in [-0.1, -0.05) is 19.1 Å². The van der Waals surface area contributed by atoms with Crippen LogP contribution in [0.25, 0.3) is 10.9 Å². The molecule has 3 atom stereocenters. The fourth-order valence-corrected chi connectivity index (χ4v) is 4.53. The minimum atomic E-state index is -4.38. The SMILES string of the molecule is COCCC[C@H]1C[C@@H](C)C[C@@H](c2ccc(C(F)(F)F)c3ncccc23)C1. The molecule has 1 saturated carbocycles. The molecule has 0 N–H and O–H groups in total. The van der Waals surface area contributed by atoms with Crippen molar-refractivity contribution in [2.24, 2.45) is 11.8 Å². The molecule has 1 aromatic carbocycles. The van der Waals surface area contributed by atoms with E-state index in [0.29, 0.717) is 23.1 Å². The van der Waals surface area contributed by atoms with Crippen LogP contribution in [0.4, 0.5) is 13.2 Å². The highest BCUT2D eigenvalue weighted by atomic mass is 19.4. The zero-order valence-electron chi connectivity index (χ0n) is 15.4. The van der Waals surface area contributed by atoms with Crippen LogP contribution in [0, 0.1) is 11.8 Å². The van der Waals surface area contributed by atoms with E-state index in [2.05, 4.69) is 11.9 Å². The van der Waals surface area contributed by atoms with E-state index in [9.17, 15) is 13.2 Å². The summed E-state index contributed by atoms with van der Waals surface area (Å²) in [7, 11) is 1.72.